The third kappa shape index (κ3) is 4.68. The highest BCUT2D eigenvalue weighted by atomic mass is 32.2. The Bertz CT molecular complexity index is 565. The van der Waals surface area contributed by atoms with Gasteiger partial charge in [-0.05, 0) is 30.7 Å². The number of carbonyl (C=O) groups excluding carboxylic acids is 1. The maximum atomic E-state index is 11.8. The van der Waals surface area contributed by atoms with E-state index in [1.165, 1.54) is 24.3 Å². The van der Waals surface area contributed by atoms with Crippen molar-refractivity contribution in [3.8, 4) is 0 Å². The second-order valence-electron chi connectivity index (χ2n) is 3.78. The Kier molecular flexibility index (Phi) is 5.02. The zero-order chi connectivity index (χ0) is 14.5. The van der Waals surface area contributed by atoms with E-state index in [0.29, 0.717) is 0 Å². The first-order chi connectivity index (χ1) is 8.83. The van der Waals surface area contributed by atoms with E-state index in [0.717, 1.165) is 0 Å². The van der Waals surface area contributed by atoms with Gasteiger partial charge in [0.15, 0.2) is 0 Å². The number of carboxylic acid groups (broad SMARTS) is 1. The standard InChI is InChI=1S/C11H14N2O5S/c12-11(16)8-3-5-9(6-4-8)19(17,18)13-7-1-2-10(14)15/h3-6,13H,1-2,7H2,(H2,12,16)(H,14,15). The number of aliphatic carboxylic acids is 1. The lowest BCUT2D eigenvalue weighted by atomic mass is 10.2. The molecule has 8 heteroatoms. The Balaban J connectivity index is 2.66. The summed E-state index contributed by atoms with van der Waals surface area (Å²) < 4.78 is 25.8. The van der Waals surface area contributed by atoms with Gasteiger partial charge in [0.2, 0.25) is 15.9 Å². The monoisotopic (exact) mass is 286 g/mol. The molecule has 1 amide bonds. The van der Waals surface area contributed by atoms with Gasteiger partial charge in [0.1, 0.15) is 0 Å². The predicted octanol–water partition coefficient (Wildman–Crippen LogP) is -0.0714. The lowest BCUT2D eigenvalue weighted by Crippen LogP contribution is -2.25. The third-order valence-electron chi connectivity index (χ3n) is 2.31. The second kappa shape index (κ2) is 6.30. The average Bonchev–Trinajstić information content (AvgIpc) is 2.34. The van der Waals surface area contributed by atoms with E-state index >= 15 is 0 Å². The van der Waals surface area contributed by atoms with Crippen LogP contribution in [0.3, 0.4) is 0 Å². The van der Waals surface area contributed by atoms with E-state index in [4.69, 9.17) is 10.8 Å². The molecule has 0 aliphatic heterocycles. The van der Waals surface area contributed by atoms with Crippen LogP contribution < -0.4 is 10.5 Å². The van der Waals surface area contributed by atoms with Crippen LogP contribution in [0.25, 0.3) is 0 Å². The van der Waals surface area contributed by atoms with Gasteiger partial charge < -0.3 is 10.8 Å². The van der Waals surface area contributed by atoms with E-state index in [-0.39, 0.29) is 29.8 Å². The molecule has 0 spiro atoms. The Labute approximate surface area is 110 Å². The molecule has 0 atom stereocenters. The summed E-state index contributed by atoms with van der Waals surface area (Å²) in [5.41, 5.74) is 5.25. The number of primary amides is 1. The number of carbonyl (C=O) groups is 2. The Morgan fingerprint density at radius 3 is 2.26 bits per heavy atom. The topological polar surface area (TPSA) is 127 Å². The van der Waals surface area contributed by atoms with Crippen LogP contribution in [0.2, 0.25) is 0 Å². The van der Waals surface area contributed by atoms with Crippen molar-refractivity contribution in [2.75, 3.05) is 6.54 Å². The van der Waals surface area contributed by atoms with Crippen molar-refractivity contribution in [3.63, 3.8) is 0 Å². The summed E-state index contributed by atoms with van der Waals surface area (Å²) in [7, 11) is -3.70. The van der Waals surface area contributed by atoms with Gasteiger partial charge in [-0.15, -0.1) is 0 Å². The third-order valence-corrected chi connectivity index (χ3v) is 3.79. The molecule has 0 heterocycles. The van der Waals surface area contributed by atoms with Gasteiger partial charge in [-0.2, -0.15) is 0 Å². The highest BCUT2D eigenvalue weighted by Crippen LogP contribution is 2.10. The van der Waals surface area contributed by atoms with Crippen LogP contribution in [-0.2, 0) is 14.8 Å². The summed E-state index contributed by atoms with van der Waals surface area (Å²) in [6, 6.07) is 5.15. The van der Waals surface area contributed by atoms with Crippen LogP contribution in [-0.4, -0.2) is 31.9 Å². The molecule has 0 fully saturated rings. The van der Waals surface area contributed by atoms with E-state index < -0.39 is 21.9 Å². The Hall–Kier alpha value is -1.93. The van der Waals surface area contributed by atoms with Gasteiger partial charge in [-0.25, -0.2) is 13.1 Å². The normalized spacial score (nSPS) is 11.2. The van der Waals surface area contributed by atoms with Crippen LogP contribution >= 0.6 is 0 Å². The van der Waals surface area contributed by atoms with Crippen LogP contribution in [0.15, 0.2) is 29.2 Å². The van der Waals surface area contributed by atoms with Gasteiger partial charge in [-0.1, -0.05) is 0 Å². The van der Waals surface area contributed by atoms with Gasteiger partial charge in [0.25, 0.3) is 0 Å². The lowest BCUT2D eigenvalue weighted by Gasteiger charge is -2.06. The number of hydrogen-bond acceptors (Lipinski definition) is 4. The number of hydrogen-bond donors (Lipinski definition) is 3. The fourth-order valence-electron chi connectivity index (χ4n) is 1.33. The number of rotatable bonds is 7. The molecule has 0 aromatic heterocycles. The number of benzene rings is 1. The molecule has 1 rings (SSSR count). The van der Waals surface area contributed by atoms with Crippen LogP contribution in [0.1, 0.15) is 23.2 Å². The smallest absolute Gasteiger partial charge is 0.303 e. The minimum Gasteiger partial charge on any atom is -0.481 e. The minimum atomic E-state index is -3.70. The fraction of sp³-hybridized carbons (Fsp3) is 0.273. The molecule has 1 aromatic carbocycles. The SMILES string of the molecule is NC(=O)c1ccc(S(=O)(=O)NCCCC(=O)O)cc1. The molecular weight excluding hydrogens is 272 g/mol. The molecule has 19 heavy (non-hydrogen) atoms. The van der Waals surface area contributed by atoms with Gasteiger partial charge in [-0.3, -0.25) is 9.59 Å². The van der Waals surface area contributed by atoms with Gasteiger partial charge in [0.05, 0.1) is 4.90 Å². The zero-order valence-electron chi connectivity index (χ0n) is 10.00. The van der Waals surface area contributed by atoms with Crippen LogP contribution in [0, 0.1) is 0 Å². The fourth-order valence-corrected chi connectivity index (χ4v) is 2.40. The first kappa shape index (κ1) is 15.1. The average molecular weight is 286 g/mol. The van der Waals surface area contributed by atoms with Crippen molar-refractivity contribution >= 4 is 21.9 Å². The highest BCUT2D eigenvalue weighted by Gasteiger charge is 2.13. The molecule has 0 saturated heterocycles. The van der Waals surface area contributed by atoms with Crippen molar-refractivity contribution in [1.29, 1.82) is 0 Å². The largest absolute Gasteiger partial charge is 0.481 e. The molecule has 0 aliphatic rings. The molecular formula is C11H14N2O5S. The number of nitrogens with two attached hydrogens (primary N) is 1. The summed E-state index contributed by atoms with van der Waals surface area (Å²) in [5.74, 6) is -1.62. The number of carboxylic acids is 1. The molecule has 4 N–H and O–H groups in total. The quantitative estimate of drug-likeness (QED) is 0.605. The maximum absolute atomic E-state index is 11.8. The number of sulfonamides is 1. The van der Waals surface area contributed by atoms with Crippen molar-refractivity contribution in [3.05, 3.63) is 29.8 Å². The predicted molar refractivity (Wildman–Crippen MR) is 67.0 cm³/mol. The minimum absolute atomic E-state index is 0.00664. The van der Waals surface area contributed by atoms with E-state index in [1.807, 2.05) is 0 Å². The molecule has 0 saturated carbocycles. The second-order valence-corrected chi connectivity index (χ2v) is 5.55. The molecule has 0 aliphatic carbocycles. The molecule has 104 valence electrons. The van der Waals surface area contributed by atoms with Gasteiger partial charge in [0, 0.05) is 18.5 Å². The van der Waals surface area contributed by atoms with Crippen LogP contribution in [0.5, 0.6) is 0 Å². The van der Waals surface area contributed by atoms with Gasteiger partial charge >= 0.3 is 5.97 Å². The number of nitrogens with one attached hydrogen (secondary N) is 1. The van der Waals surface area contributed by atoms with E-state index in [2.05, 4.69) is 4.72 Å². The van der Waals surface area contributed by atoms with Crippen LogP contribution in [0.4, 0.5) is 0 Å². The summed E-state index contributed by atoms with van der Waals surface area (Å²) in [5, 5.41) is 8.42. The van der Waals surface area contributed by atoms with Crippen molar-refractivity contribution < 1.29 is 23.1 Å². The lowest BCUT2D eigenvalue weighted by molar-refractivity contribution is -0.137. The summed E-state index contributed by atoms with van der Waals surface area (Å²) in [4.78, 5) is 21.1. The molecule has 0 bridgehead atoms. The summed E-state index contributed by atoms with van der Waals surface area (Å²) in [6.07, 6.45) is 0.0943. The zero-order valence-corrected chi connectivity index (χ0v) is 10.8. The first-order valence-corrected chi connectivity index (χ1v) is 6.92. The molecule has 0 radical (unpaired) electrons. The van der Waals surface area contributed by atoms with Crippen molar-refractivity contribution in [1.82, 2.24) is 4.72 Å². The van der Waals surface area contributed by atoms with E-state index in [9.17, 15) is 18.0 Å². The first-order valence-electron chi connectivity index (χ1n) is 5.44. The summed E-state index contributed by atoms with van der Waals surface area (Å²) in [6.45, 7) is 0.0339. The Morgan fingerprint density at radius 2 is 1.79 bits per heavy atom. The van der Waals surface area contributed by atoms with E-state index in [1.54, 1.807) is 0 Å². The number of amides is 1. The van der Waals surface area contributed by atoms with Crippen molar-refractivity contribution in [2.24, 2.45) is 5.73 Å². The molecule has 1 aromatic rings. The molecule has 0 unspecified atom stereocenters. The summed E-state index contributed by atoms with van der Waals surface area (Å²) >= 11 is 0. The maximum Gasteiger partial charge on any atom is 0.303 e. The van der Waals surface area contributed by atoms with Crippen molar-refractivity contribution in [2.45, 2.75) is 17.7 Å². The highest BCUT2D eigenvalue weighted by molar-refractivity contribution is 7.89. The Morgan fingerprint density at radius 1 is 1.21 bits per heavy atom. The molecule has 7 nitrogen and oxygen atoms in total.